The number of quaternary nitrogens is 1. The minimum Gasteiger partial charge on any atom is -0.481 e. The van der Waals surface area contributed by atoms with Crippen LogP contribution in [-0.2, 0) is 9.59 Å². The van der Waals surface area contributed by atoms with E-state index in [1.54, 1.807) is 11.0 Å². The van der Waals surface area contributed by atoms with Gasteiger partial charge in [0, 0.05) is 36.6 Å². The number of carbonyl (C=O) groups is 3. The summed E-state index contributed by atoms with van der Waals surface area (Å²) >= 11 is 0. The molecule has 1 aromatic rings. The summed E-state index contributed by atoms with van der Waals surface area (Å²) in [5.74, 6) is -1.45. The van der Waals surface area contributed by atoms with Gasteiger partial charge in [-0.15, -0.1) is 0 Å². The molecule has 0 spiro atoms. The fraction of sp³-hybridized carbons (Fsp3) is 0.588. The molecule has 238 valence electrons. The second-order valence-electron chi connectivity index (χ2n) is 13.9. The van der Waals surface area contributed by atoms with Gasteiger partial charge in [-0.3, -0.25) is 19.7 Å². The predicted molar refractivity (Wildman–Crippen MR) is 165 cm³/mol. The average Bonchev–Trinajstić information content (AvgIpc) is 3.46. The van der Waals surface area contributed by atoms with E-state index in [0.29, 0.717) is 37.8 Å². The molecule has 3 aliphatic carbocycles. The van der Waals surface area contributed by atoms with Gasteiger partial charge in [-0.1, -0.05) is 25.5 Å². The second-order valence-corrected chi connectivity index (χ2v) is 13.9. The average molecular weight is 608 g/mol. The Bertz CT molecular complexity index is 1390. The third-order valence-electron chi connectivity index (χ3n) is 11.1. The molecule has 7 atom stereocenters. The number of nitrogens with one attached hydrogen (secondary N) is 1. The first-order chi connectivity index (χ1) is 20.9. The maximum atomic E-state index is 13.3. The Morgan fingerprint density at radius 2 is 2.00 bits per heavy atom. The number of hydrogen-bond acceptors (Lipinski definition) is 6. The van der Waals surface area contributed by atoms with Crippen LogP contribution in [0.3, 0.4) is 0 Å². The van der Waals surface area contributed by atoms with Crippen LogP contribution in [0.2, 0.25) is 0 Å². The van der Waals surface area contributed by atoms with Crippen molar-refractivity contribution in [3.05, 3.63) is 52.7 Å². The lowest BCUT2D eigenvalue weighted by molar-refractivity contribution is -0.513. The van der Waals surface area contributed by atoms with Crippen molar-refractivity contribution in [2.75, 3.05) is 13.2 Å². The van der Waals surface area contributed by atoms with Gasteiger partial charge in [-0.05, 0) is 98.2 Å². The summed E-state index contributed by atoms with van der Waals surface area (Å²) in [6.07, 6.45) is 8.14. The highest BCUT2D eigenvalue weighted by Crippen LogP contribution is 2.63. The van der Waals surface area contributed by atoms with E-state index in [-0.39, 0.29) is 42.1 Å². The second kappa shape index (κ2) is 12.6. The molecule has 1 aliphatic heterocycles. The number of hydrogen-bond donors (Lipinski definition) is 6. The highest BCUT2D eigenvalue weighted by atomic mass is 16.4. The molecule has 10 nitrogen and oxygen atoms in total. The van der Waals surface area contributed by atoms with E-state index in [1.165, 1.54) is 11.8 Å². The summed E-state index contributed by atoms with van der Waals surface area (Å²) in [6, 6.07) is 6.72. The standard InChI is InChI=1S/C34H46N4O6/c1-33(18-29(41)42)17-28(40)30-24(25(33)8-5-13-39)11-10-22-15-26(21(19-35)16-34(22,30)2)37-23-7-3-6-20(14-23)32(44)38-12-4-9-27(38)31(36)43/h3,6-7,14-15,19,24-25,27-28,30,35,37,39-40H,4-5,8-13,16-18H2,1-2H3,(H2,36,43)(H,41,42)/p+1/t24-,25?,27+,28-,30?,33+,34-/m0/s1. The highest BCUT2D eigenvalue weighted by Gasteiger charge is 2.59. The van der Waals surface area contributed by atoms with Gasteiger partial charge in [0.05, 0.1) is 12.5 Å². The largest absolute Gasteiger partial charge is 0.481 e. The number of carboxylic acid groups (broad SMARTS) is 1. The van der Waals surface area contributed by atoms with Crippen LogP contribution in [0, 0.1) is 34.0 Å². The van der Waals surface area contributed by atoms with Crippen molar-refractivity contribution < 1.29 is 35.0 Å². The first-order valence-electron chi connectivity index (χ1n) is 15.9. The predicted octanol–water partition coefficient (Wildman–Crippen LogP) is 2.87. The van der Waals surface area contributed by atoms with Crippen LogP contribution in [0.25, 0.3) is 0 Å². The lowest BCUT2D eigenvalue weighted by Gasteiger charge is -2.60. The number of fused-ring (bicyclic) bond motifs is 3. The van der Waals surface area contributed by atoms with E-state index >= 15 is 0 Å². The zero-order valence-electron chi connectivity index (χ0n) is 25.8. The van der Waals surface area contributed by atoms with Crippen molar-refractivity contribution in [2.45, 2.75) is 83.8 Å². The Hall–Kier alpha value is -3.34. The number of carbonyl (C=O) groups excluding carboxylic acids is 2. The molecule has 0 aromatic heterocycles. The third-order valence-corrected chi connectivity index (χ3v) is 11.1. The number of aliphatic carboxylic acids is 1. The summed E-state index contributed by atoms with van der Waals surface area (Å²) in [7, 11) is 0. The Balaban J connectivity index is 1.41. The van der Waals surface area contributed by atoms with Gasteiger partial charge in [0.2, 0.25) is 5.91 Å². The molecule has 4 aliphatic rings. The Morgan fingerprint density at radius 1 is 1.23 bits per heavy atom. The number of nitrogens with two attached hydrogens (primary N) is 2. The summed E-state index contributed by atoms with van der Waals surface area (Å²) < 4.78 is 0. The van der Waals surface area contributed by atoms with Crippen molar-refractivity contribution in [1.29, 1.82) is 5.41 Å². The van der Waals surface area contributed by atoms with Crippen LogP contribution in [0.5, 0.6) is 0 Å². The molecular formula is C34H47N4O6+. The van der Waals surface area contributed by atoms with E-state index in [2.05, 4.69) is 13.0 Å². The van der Waals surface area contributed by atoms with E-state index in [9.17, 15) is 29.7 Å². The highest BCUT2D eigenvalue weighted by molar-refractivity contribution is 5.98. The van der Waals surface area contributed by atoms with Crippen LogP contribution in [-0.4, -0.2) is 69.5 Å². The number of nitrogens with zero attached hydrogens (tertiary/aromatic N) is 1. The minimum absolute atomic E-state index is 0.00391. The maximum absolute atomic E-state index is 13.3. The lowest BCUT2D eigenvalue weighted by atomic mass is 9.45. The van der Waals surface area contributed by atoms with Crippen LogP contribution >= 0.6 is 0 Å². The Labute approximate surface area is 258 Å². The van der Waals surface area contributed by atoms with Crippen molar-refractivity contribution in [3.63, 3.8) is 0 Å². The molecule has 1 heterocycles. The van der Waals surface area contributed by atoms with Gasteiger partial charge in [-0.2, -0.15) is 0 Å². The Morgan fingerprint density at radius 3 is 2.68 bits per heavy atom. The minimum atomic E-state index is -0.861. The number of carboxylic acids is 1. The number of rotatable bonds is 10. The molecule has 1 aromatic carbocycles. The Kier molecular flexibility index (Phi) is 9.16. The molecule has 10 heteroatoms. The summed E-state index contributed by atoms with van der Waals surface area (Å²) in [4.78, 5) is 38.6. The summed E-state index contributed by atoms with van der Waals surface area (Å²) in [5, 5.41) is 41.4. The molecule has 1 saturated heterocycles. The normalized spacial score (nSPS) is 33.3. The van der Waals surface area contributed by atoms with Gasteiger partial charge >= 0.3 is 5.97 Å². The van der Waals surface area contributed by atoms with Crippen molar-refractivity contribution >= 4 is 29.7 Å². The van der Waals surface area contributed by atoms with Gasteiger partial charge in [0.25, 0.3) is 5.91 Å². The first kappa shape index (κ1) is 32.1. The van der Waals surface area contributed by atoms with E-state index < -0.39 is 29.4 Å². The smallest absolute Gasteiger partial charge is 0.303 e. The van der Waals surface area contributed by atoms with Crippen LogP contribution < -0.4 is 11.1 Å². The molecule has 5 rings (SSSR count). The topological polar surface area (TPSA) is 182 Å². The fourth-order valence-electron chi connectivity index (χ4n) is 9.26. The zero-order chi connectivity index (χ0) is 31.8. The van der Waals surface area contributed by atoms with Crippen LogP contribution in [0.1, 0.15) is 82.0 Å². The molecule has 3 fully saturated rings. The van der Waals surface area contributed by atoms with Gasteiger partial charge in [0.15, 0.2) is 0 Å². The number of aliphatic hydroxyl groups is 2. The molecule has 0 bridgehead atoms. The maximum Gasteiger partial charge on any atom is 0.303 e. The molecule has 2 amide bonds. The number of likely N-dealkylation sites (tertiary alicyclic amines) is 1. The summed E-state index contributed by atoms with van der Waals surface area (Å²) in [5.41, 5.74) is 8.89. The van der Waals surface area contributed by atoms with Crippen molar-refractivity contribution in [2.24, 2.45) is 34.3 Å². The third kappa shape index (κ3) is 5.87. The first-order valence-corrected chi connectivity index (χ1v) is 15.9. The molecule has 44 heavy (non-hydrogen) atoms. The fourth-order valence-corrected chi connectivity index (χ4v) is 9.26. The number of amides is 2. The number of allylic oxidation sites excluding steroid dienone is 3. The van der Waals surface area contributed by atoms with Crippen molar-refractivity contribution in [3.8, 4) is 0 Å². The summed E-state index contributed by atoms with van der Waals surface area (Å²) in [6.45, 7) is 4.73. The lowest BCUT2D eigenvalue weighted by Crippen LogP contribution is -2.76. The van der Waals surface area contributed by atoms with E-state index in [0.717, 1.165) is 42.6 Å². The molecule has 2 saturated carbocycles. The molecule has 8 N–H and O–H groups in total. The van der Waals surface area contributed by atoms with Gasteiger partial charge < -0.3 is 31.4 Å². The van der Waals surface area contributed by atoms with Gasteiger partial charge in [-0.25, -0.2) is 0 Å². The van der Waals surface area contributed by atoms with Crippen molar-refractivity contribution in [1.82, 2.24) is 4.90 Å². The van der Waals surface area contributed by atoms with Crippen LogP contribution in [0.15, 0.2) is 47.2 Å². The SMILES string of the molecule is C[C@]1(CC(=O)O)C[C@H](O)C2[C@@H](CCC3=CC([NH2+]c4cccc(C(=O)N5CCC[C@@H]5C(N)=O)c4)=C(C=N)C[C@@]32C)C1CCCO. The monoisotopic (exact) mass is 607 g/mol. The number of aliphatic hydroxyl groups excluding tert-OH is 2. The zero-order valence-corrected chi connectivity index (χ0v) is 25.8. The number of benzene rings is 1. The number of primary amides is 1. The molecular weight excluding hydrogens is 560 g/mol. The quantitative estimate of drug-likeness (QED) is 0.176. The van der Waals surface area contributed by atoms with E-state index in [4.69, 9.17) is 11.1 Å². The van der Waals surface area contributed by atoms with Gasteiger partial charge in [0.1, 0.15) is 17.4 Å². The molecule has 0 radical (unpaired) electrons. The van der Waals surface area contributed by atoms with Crippen LogP contribution in [0.4, 0.5) is 5.69 Å². The van der Waals surface area contributed by atoms with E-state index in [1.807, 2.05) is 30.4 Å². The molecule has 2 unspecified atom stereocenters.